The van der Waals surface area contributed by atoms with Crippen LogP contribution in [0, 0.1) is 13.8 Å². The third kappa shape index (κ3) is 2.25. The topological polar surface area (TPSA) is 60.2 Å². The van der Waals surface area contributed by atoms with E-state index in [1.54, 1.807) is 7.11 Å². The van der Waals surface area contributed by atoms with E-state index in [0.717, 1.165) is 28.1 Å². The number of methoxy groups -OCH3 is 1. The van der Waals surface area contributed by atoms with Crippen LogP contribution < -0.4 is 16.0 Å². The first-order valence-electron chi connectivity index (χ1n) is 5.23. The SMILES string of the molecule is COc1cc(C)c(-c2csc(NN)n2)cc1C. The van der Waals surface area contributed by atoms with E-state index in [1.807, 2.05) is 25.3 Å². The molecule has 2 aromatic rings. The number of aromatic nitrogens is 1. The highest BCUT2D eigenvalue weighted by molar-refractivity contribution is 7.14. The Morgan fingerprint density at radius 2 is 2.06 bits per heavy atom. The number of anilines is 1. The highest BCUT2D eigenvalue weighted by Crippen LogP contribution is 2.31. The van der Waals surface area contributed by atoms with Gasteiger partial charge >= 0.3 is 0 Å². The Morgan fingerprint density at radius 3 is 2.65 bits per heavy atom. The Hall–Kier alpha value is -1.59. The first-order valence-corrected chi connectivity index (χ1v) is 6.11. The van der Waals surface area contributed by atoms with Crippen LogP contribution in [0.3, 0.4) is 0 Å². The lowest BCUT2D eigenvalue weighted by Gasteiger charge is -2.09. The highest BCUT2D eigenvalue weighted by atomic mass is 32.1. The van der Waals surface area contributed by atoms with E-state index in [0.29, 0.717) is 5.13 Å². The van der Waals surface area contributed by atoms with Crippen molar-refractivity contribution in [3.8, 4) is 17.0 Å². The molecule has 1 aromatic heterocycles. The molecule has 0 spiro atoms. The molecule has 5 heteroatoms. The standard InChI is InChI=1S/C12H15N3OS/c1-7-5-11(16-3)8(2)4-9(7)10-6-17-12(14-10)15-13/h4-6H,13H2,1-3H3,(H,14,15). The predicted octanol–water partition coefficient (Wildman–Crippen LogP) is 2.72. The van der Waals surface area contributed by atoms with Gasteiger partial charge in [0, 0.05) is 10.9 Å². The summed E-state index contributed by atoms with van der Waals surface area (Å²) in [7, 11) is 1.68. The van der Waals surface area contributed by atoms with E-state index in [-0.39, 0.29) is 0 Å². The molecular formula is C12H15N3OS. The summed E-state index contributed by atoms with van der Waals surface area (Å²) in [5, 5.41) is 2.71. The average molecular weight is 249 g/mol. The molecule has 0 fully saturated rings. The summed E-state index contributed by atoms with van der Waals surface area (Å²) in [6, 6.07) is 4.11. The number of hydrazine groups is 1. The van der Waals surface area contributed by atoms with Gasteiger partial charge in [-0.15, -0.1) is 11.3 Å². The average Bonchev–Trinajstić information content (AvgIpc) is 2.80. The molecule has 0 radical (unpaired) electrons. The second kappa shape index (κ2) is 4.73. The lowest BCUT2D eigenvalue weighted by atomic mass is 10.0. The molecule has 0 aliphatic rings. The number of aryl methyl sites for hydroxylation is 2. The Balaban J connectivity index is 2.48. The van der Waals surface area contributed by atoms with Gasteiger partial charge in [-0.25, -0.2) is 10.8 Å². The van der Waals surface area contributed by atoms with Crippen LogP contribution >= 0.6 is 11.3 Å². The molecule has 2 rings (SSSR count). The van der Waals surface area contributed by atoms with Crippen molar-refractivity contribution in [2.75, 3.05) is 12.5 Å². The minimum absolute atomic E-state index is 0.716. The molecule has 0 bridgehead atoms. The second-order valence-corrected chi connectivity index (χ2v) is 4.68. The molecule has 0 unspecified atom stereocenters. The lowest BCUT2D eigenvalue weighted by molar-refractivity contribution is 0.411. The molecule has 0 amide bonds. The zero-order valence-corrected chi connectivity index (χ0v) is 10.9. The van der Waals surface area contributed by atoms with Gasteiger partial charge in [0.25, 0.3) is 0 Å². The van der Waals surface area contributed by atoms with E-state index in [4.69, 9.17) is 10.6 Å². The molecule has 0 aliphatic heterocycles. The number of nitrogens with zero attached hydrogens (tertiary/aromatic N) is 1. The van der Waals surface area contributed by atoms with Gasteiger partial charge in [0.1, 0.15) is 5.75 Å². The van der Waals surface area contributed by atoms with Crippen molar-refractivity contribution < 1.29 is 4.74 Å². The molecule has 17 heavy (non-hydrogen) atoms. The molecule has 1 aromatic carbocycles. The molecule has 90 valence electrons. The molecule has 4 nitrogen and oxygen atoms in total. The maximum Gasteiger partial charge on any atom is 0.197 e. The maximum absolute atomic E-state index is 5.33. The number of benzene rings is 1. The van der Waals surface area contributed by atoms with Gasteiger partial charge in [0.2, 0.25) is 0 Å². The second-order valence-electron chi connectivity index (χ2n) is 3.82. The van der Waals surface area contributed by atoms with Crippen LogP contribution in [-0.4, -0.2) is 12.1 Å². The molecule has 0 saturated carbocycles. The fraction of sp³-hybridized carbons (Fsp3) is 0.250. The lowest BCUT2D eigenvalue weighted by Crippen LogP contribution is -2.05. The van der Waals surface area contributed by atoms with E-state index >= 15 is 0 Å². The number of thiazole rings is 1. The number of nitrogens with two attached hydrogens (primary N) is 1. The zero-order valence-electron chi connectivity index (χ0n) is 10.1. The van der Waals surface area contributed by atoms with Gasteiger partial charge < -0.3 is 4.74 Å². The Labute approximate surface area is 104 Å². The van der Waals surface area contributed by atoms with Gasteiger partial charge in [0.15, 0.2) is 5.13 Å². The smallest absolute Gasteiger partial charge is 0.197 e. The summed E-state index contributed by atoms with van der Waals surface area (Å²) in [5.74, 6) is 6.23. The summed E-state index contributed by atoms with van der Waals surface area (Å²) in [5.41, 5.74) is 6.85. The van der Waals surface area contributed by atoms with Crippen molar-refractivity contribution >= 4 is 16.5 Å². The van der Waals surface area contributed by atoms with Crippen LogP contribution in [0.1, 0.15) is 11.1 Å². The van der Waals surface area contributed by atoms with Crippen molar-refractivity contribution in [3.63, 3.8) is 0 Å². The third-order valence-corrected chi connectivity index (χ3v) is 3.42. The minimum atomic E-state index is 0.716. The molecule has 0 saturated heterocycles. The van der Waals surface area contributed by atoms with Gasteiger partial charge in [-0.2, -0.15) is 0 Å². The monoisotopic (exact) mass is 249 g/mol. The first-order chi connectivity index (χ1) is 8.15. The molecular weight excluding hydrogens is 234 g/mol. The van der Waals surface area contributed by atoms with Crippen LogP contribution in [0.25, 0.3) is 11.3 Å². The van der Waals surface area contributed by atoms with Crippen molar-refractivity contribution in [1.82, 2.24) is 4.98 Å². The zero-order chi connectivity index (χ0) is 12.4. The van der Waals surface area contributed by atoms with Crippen LogP contribution in [0.15, 0.2) is 17.5 Å². The van der Waals surface area contributed by atoms with E-state index in [9.17, 15) is 0 Å². The first kappa shape index (κ1) is 11.9. The number of nitrogen functional groups attached to an aromatic ring is 1. The van der Waals surface area contributed by atoms with E-state index in [1.165, 1.54) is 11.3 Å². The van der Waals surface area contributed by atoms with Gasteiger partial charge in [-0.1, -0.05) is 0 Å². The molecule has 1 heterocycles. The minimum Gasteiger partial charge on any atom is -0.496 e. The van der Waals surface area contributed by atoms with Crippen molar-refractivity contribution in [2.24, 2.45) is 5.84 Å². The fourth-order valence-electron chi connectivity index (χ4n) is 1.75. The van der Waals surface area contributed by atoms with Crippen LogP contribution in [-0.2, 0) is 0 Å². The Bertz CT molecular complexity index is 537. The van der Waals surface area contributed by atoms with Gasteiger partial charge in [0.05, 0.1) is 12.8 Å². The number of ether oxygens (including phenoxy) is 1. The quantitative estimate of drug-likeness (QED) is 0.648. The summed E-state index contributed by atoms with van der Waals surface area (Å²) in [6.45, 7) is 4.07. The van der Waals surface area contributed by atoms with Crippen LogP contribution in [0.2, 0.25) is 0 Å². The molecule has 3 N–H and O–H groups in total. The maximum atomic E-state index is 5.33. The number of nitrogens with one attached hydrogen (secondary N) is 1. The molecule has 0 aliphatic carbocycles. The van der Waals surface area contributed by atoms with Crippen LogP contribution in [0.4, 0.5) is 5.13 Å². The van der Waals surface area contributed by atoms with Crippen molar-refractivity contribution in [2.45, 2.75) is 13.8 Å². The highest BCUT2D eigenvalue weighted by Gasteiger charge is 2.09. The predicted molar refractivity (Wildman–Crippen MR) is 71.4 cm³/mol. The van der Waals surface area contributed by atoms with Gasteiger partial charge in [-0.05, 0) is 37.1 Å². The van der Waals surface area contributed by atoms with Gasteiger partial charge in [-0.3, -0.25) is 5.43 Å². The third-order valence-electron chi connectivity index (χ3n) is 2.65. The number of hydrogen-bond donors (Lipinski definition) is 2. The van der Waals surface area contributed by atoms with Crippen molar-refractivity contribution in [3.05, 3.63) is 28.6 Å². The largest absolute Gasteiger partial charge is 0.496 e. The fourth-order valence-corrected chi connectivity index (χ4v) is 2.37. The number of hydrogen-bond acceptors (Lipinski definition) is 5. The normalized spacial score (nSPS) is 10.4. The molecule has 0 atom stereocenters. The van der Waals surface area contributed by atoms with Crippen LogP contribution in [0.5, 0.6) is 5.75 Å². The van der Waals surface area contributed by atoms with E-state index < -0.39 is 0 Å². The van der Waals surface area contributed by atoms with E-state index in [2.05, 4.69) is 16.5 Å². The van der Waals surface area contributed by atoms with Crippen molar-refractivity contribution in [1.29, 1.82) is 0 Å². The summed E-state index contributed by atoms with van der Waals surface area (Å²) >= 11 is 1.49. The summed E-state index contributed by atoms with van der Waals surface area (Å²) in [6.07, 6.45) is 0. The number of rotatable bonds is 3. The summed E-state index contributed by atoms with van der Waals surface area (Å²) in [4.78, 5) is 4.40. The summed E-state index contributed by atoms with van der Waals surface area (Å²) < 4.78 is 5.29. The Kier molecular flexibility index (Phi) is 3.31. The Morgan fingerprint density at radius 1 is 1.29 bits per heavy atom.